The first-order valence-corrected chi connectivity index (χ1v) is 11.5. The van der Waals surface area contributed by atoms with Crippen molar-refractivity contribution in [1.29, 1.82) is 0 Å². The second kappa shape index (κ2) is 10.6. The van der Waals surface area contributed by atoms with Gasteiger partial charge in [-0.3, -0.25) is 4.79 Å². The molecule has 3 rings (SSSR count). The van der Waals surface area contributed by atoms with Crippen molar-refractivity contribution in [2.45, 2.75) is 11.4 Å². The molecule has 1 amide bonds. The zero-order valence-corrected chi connectivity index (χ0v) is 18.8. The number of methoxy groups -OCH3 is 1. The average molecular weight is 463 g/mol. The number of hydrogen-bond donors (Lipinski definition) is 0. The fourth-order valence-corrected chi connectivity index (χ4v) is 4.79. The normalized spacial score (nSPS) is 14.6. The second-order valence-corrected chi connectivity index (χ2v) is 9.10. The molecule has 32 heavy (non-hydrogen) atoms. The highest BCUT2D eigenvalue weighted by Crippen LogP contribution is 2.28. The first-order valence-electron chi connectivity index (χ1n) is 10.0. The zero-order chi connectivity index (χ0) is 23.1. The average Bonchev–Trinajstić information content (AvgIpc) is 2.83. The Morgan fingerprint density at radius 2 is 1.78 bits per heavy atom. The van der Waals surface area contributed by atoms with Crippen LogP contribution >= 0.6 is 0 Å². The summed E-state index contributed by atoms with van der Waals surface area (Å²) >= 11 is 0. The van der Waals surface area contributed by atoms with Crippen LogP contribution in [-0.4, -0.2) is 76.6 Å². The van der Waals surface area contributed by atoms with E-state index in [1.807, 2.05) is 30.3 Å². The van der Waals surface area contributed by atoms with Gasteiger partial charge in [-0.05, 0) is 23.8 Å². The van der Waals surface area contributed by atoms with E-state index in [1.165, 1.54) is 34.5 Å². The number of likely N-dealkylation sites (N-methyl/N-ethyl adjacent to an activating group) is 1. The summed E-state index contributed by atoms with van der Waals surface area (Å²) in [5.74, 6) is -1.06. The SMILES string of the molecule is COc1ccc(C(=O)OCC(=O)N(C)Cc2ccccc2)cc1S(=O)(=O)N1CCOCC1. The summed E-state index contributed by atoms with van der Waals surface area (Å²) in [5, 5.41) is 0. The Morgan fingerprint density at radius 1 is 1.09 bits per heavy atom. The molecule has 0 spiro atoms. The number of nitrogens with zero attached hydrogens (tertiary/aromatic N) is 2. The van der Waals surface area contributed by atoms with Crippen molar-refractivity contribution in [2.24, 2.45) is 0 Å². The van der Waals surface area contributed by atoms with Gasteiger partial charge in [-0.25, -0.2) is 13.2 Å². The summed E-state index contributed by atoms with van der Waals surface area (Å²) in [4.78, 5) is 26.2. The maximum absolute atomic E-state index is 13.0. The van der Waals surface area contributed by atoms with E-state index in [2.05, 4.69) is 0 Å². The van der Waals surface area contributed by atoms with Crippen LogP contribution in [-0.2, 0) is 30.8 Å². The van der Waals surface area contributed by atoms with E-state index in [-0.39, 0.29) is 35.2 Å². The van der Waals surface area contributed by atoms with E-state index < -0.39 is 22.6 Å². The highest BCUT2D eigenvalue weighted by Gasteiger charge is 2.30. The van der Waals surface area contributed by atoms with Crippen molar-refractivity contribution in [3.63, 3.8) is 0 Å². The Labute approximate surface area is 187 Å². The van der Waals surface area contributed by atoms with Gasteiger partial charge in [0.05, 0.1) is 25.9 Å². The summed E-state index contributed by atoms with van der Waals surface area (Å²) in [6, 6.07) is 13.4. The molecule has 10 heteroatoms. The number of rotatable bonds is 8. The monoisotopic (exact) mass is 462 g/mol. The summed E-state index contributed by atoms with van der Waals surface area (Å²) in [6.07, 6.45) is 0. The number of carbonyl (C=O) groups excluding carboxylic acids is 2. The molecule has 0 aromatic heterocycles. The van der Waals surface area contributed by atoms with Gasteiger partial charge in [0.2, 0.25) is 10.0 Å². The van der Waals surface area contributed by atoms with Crippen molar-refractivity contribution in [3.05, 3.63) is 59.7 Å². The van der Waals surface area contributed by atoms with Crippen LogP contribution in [0.15, 0.2) is 53.4 Å². The third-order valence-corrected chi connectivity index (χ3v) is 6.92. The van der Waals surface area contributed by atoms with Crippen molar-refractivity contribution < 1.29 is 32.2 Å². The lowest BCUT2D eigenvalue weighted by Crippen LogP contribution is -2.40. The van der Waals surface area contributed by atoms with Gasteiger partial charge in [-0.2, -0.15) is 4.31 Å². The second-order valence-electron chi connectivity index (χ2n) is 7.19. The minimum atomic E-state index is -3.89. The van der Waals surface area contributed by atoms with Gasteiger partial charge in [-0.1, -0.05) is 30.3 Å². The van der Waals surface area contributed by atoms with Crippen LogP contribution in [0.25, 0.3) is 0 Å². The standard InChI is InChI=1S/C22H26N2O7S/c1-23(15-17-6-4-3-5-7-17)21(25)16-31-22(26)18-8-9-19(29-2)20(14-18)32(27,28)24-10-12-30-13-11-24/h3-9,14H,10-13,15-16H2,1-2H3. The van der Waals surface area contributed by atoms with Crippen LogP contribution < -0.4 is 4.74 Å². The van der Waals surface area contributed by atoms with Crippen LogP contribution in [0.4, 0.5) is 0 Å². The van der Waals surface area contributed by atoms with Crippen LogP contribution in [0.5, 0.6) is 5.75 Å². The third kappa shape index (κ3) is 5.64. The molecular formula is C22H26N2O7S. The zero-order valence-electron chi connectivity index (χ0n) is 18.0. The topological polar surface area (TPSA) is 102 Å². The smallest absolute Gasteiger partial charge is 0.338 e. The van der Waals surface area contributed by atoms with E-state index >= 15 is 0 Å². The van der Waals surface area contributed by atoms with Gasteiger partial charge < -0.3 is 19.1 Å². The number of carbonyl (C=O) groups is 2. The maximum atomic E-state index is 13.0. The molecule has 0 bridgehead atoms. The Balaban J connectivity index is 1.69. The number of esters is 1. The molecule has 0 saturated carbocycles. The molecule has 172 valence electrons. The highest BCUT2D eigenvalue weighted by atomic mass is 32.2. The fourth-order valence-electron chi connectivity index (χ4n) is 3.20. The molecule has 2 aromatic carbocycles. The van der Waals surface area contributed by atoms with E-state index in [9.17, 15) is 18.0 Å². The molecule has 0 radical (unpaired) electrons. The Bertz CT molecular complexity index is 1050. The number of amides is 1. The van der Waals surface area contributed by atoms with Crippen molar-refractivity contribution >= 4 is 21.9 Å². The van der Waals surface area contributed by atoms with Crippen LogP contribution in [0.2, 0.25) is 0 Å². The number of benzene rings is 2. The molecule has 9 nitrogen and oxygen atoms in total. The molecule has 1 heterocycles. The van der Waals surface area contributed by atoms with Gasteiger partial charge in [0.15, 0.2) is 6.61 Å². The minimum Gasteiger partial charge on any atom is -0.495 e. The van der Waals surface area contributed by atoms with Gasteiger partial charge in [-0.15, -0.1) is 0 Å². The van der Waals surface area contributed by atoms with E-state index in [4.69, 9.17) is 14.2 Å². The van der Waals surface area contributed by atoms with Gasteiger partial charge in [0, 0.05) is 26.7 Å². The largest absolute Gasteiger partial charge is 0.495 e. The van der Waals surface area contributed by atoms with Crippen LogP contribution in [0, 0.1) is 0 Å². The Morgan fingerprint density at radius 3 is 2.44 bits per heavy atom. The number of hydrogen-bond acceptors (Lipinski definition) is 7. The van der Waals surface area contributed by atoms with E-state index in [0.29, 0.717) is 19.8 Å². The lowest BCUT2D eigenvalue weighted by molar-refractivity contribution is -0.133. The molecule has 2 aromatic rings. The quantitative estimate of drug-likeness (QED) is 0.548. The number of ether oxygens (including phenoxy) is 3. The predicted octanol–water partition coefficient (Wildman–Crippen LogP) is 1.53. The summed E-state index contributed by atoms with van der Waals surface area (Å²) in [7, 11) is -0.926. The highest BCUT2D eigenvalue weighted by molar-refractivity contribution is 7.89. The lowest BCUT2D eigenvalue weighted by atomic mass is 10.2. The van der Waals surface area contributed by atoms with Gasteiger partial charge in [0.25, 0.3) is 5.91 Å². The molecule has 1 fully saturated rings. The molecule has 0 N–H and O–H groups in total. The first-order chi connectivity index (χ1) is 15.3. The molecule has 1 aliphatic heterocycles. The third-order valence-electron chi connectivity index (χ3n) is 5.00. The van der Waals surface area contributed by atoms with Crippen molar-refractivity contribution in [1.82, 2.24) is 9.21 Å². The van der Waals surface area contributed by atoms with E-state index in [0.717, 1.165) is 5.56 Å². The predicted molar refractivity (Wildman–Crippen MR) is 116 cm³/mol. The maximum Gasteiger partial charge on any atom is 0.338 e. The molecule has 0 aliphatic carbocycles. The van der Waals surface area contributed by atoms with Crippen molar-refractivity contribution in [2.75, 3.05) is 47.1 Å². The Hall–Kier alpha value is -2.95. The van der Waals surface area contributed by atoms with Crippen molar-refractivity contribution in [3.8, 4) is 5.75 Å². The summed E-state index contributed by atoms with van der Waals surface area (Å²) < 4.78 is 42.9. The van der Waals surface area contributed by atoms with Crippen LogP contribution in [0.3, 0.4) is 0 Å². The molecule has 1 saturated heterocycles. The van der Waals surface area contributed by atoms with Crippen LogP contribution in [0.1, 0.15) is 15.9 Å². The summed E-state index contributed by atoms with van der Waals surface area (Å²) in [6.45, 7) is 0.927. The van der Waals surface area contributed by atoms with E-state index in [1.54, 1.807) is 7.05 Å². The van der Waals surface area contributed by atoms with Gasteiger partial charge >= 0.3 is 5.97 Å². The summed E-state index contributed by atoms with van der Waals surface area (Å²) in [5.41, 5.74) is 0.957. The number of morpholine rings is 1. The van der Waals surface area contributed by atoms with Gasteiger partial charge in [0.1, 0.15) is 10.6 Å². The number of sulfonamides is 1. The molecular weight excluding hydrogens is 436 g/mol. The lowest BCUT2D eigenvalue weighted by Gasteiger charge is -2.26. The minimum absolute atomic E-state index is 0.0103. The fraction of sp³-hybridized carbons (Fsp3) is 0.364. The molecule has 0 unspecified atom stereocenters. The molecule has 0 atom stereocenters. The Kier molecular flexibility index (Phi) is 7.84. The molecule has 1 aliphatic rings. The first kappa shape index (κ1) is 23.7.